The van der Waals surface area contributed by atoms with Crippen molar-refractivity contribution < 1.29 is 44.8 Å². The van der Waals surface area contributed by atoms with Gasteiger partial charge in [0.1, 0.15) is 5.56 Å². The molecule has 5 nitrogen and oxygen atoms in total. The largest absolute Gasteiger partial charge is 0.574 e. The van der Waals surface area contributed by atoms with Crippen LogP contribution >= 0.6 is 0 Å². The van der Waals surface area contributed by atoms with Crippen LogP contribution in [-0.2, 0) is 6.18 Å². The third kappa shape index (κ3) is 4.13. The average Bonchev–Trinajstić information content (AvgIpc) is 2.23. The Hall–Kier alpha value is -2.21. The van der Waals surface area contributed by atoms with E-state index in [9.17, 15) is 45.2 Å². The van der Waals surface area contributed by atoms with Gasteiger partial charge >= 0.3 is 18.2 Å². The van der Waals surface area contributed by atoms with Gasteiger partial charge < -0.3 is 4.74 Å². The zero-order valence-corrected chi connectivity index (χ0v) is 9.30. The summed E-state index contributed by atoms with van der Waals surface area (Å²) in [4.78, 5) is 11.1. The van der Waals surface area contributed by atoms with Crippen molar-refractivity contribution in [2.75, 3.05) is 0 Å². The Kier molecular flexibility index (Phi) is 4.24. The van der Waals surface area contributed by atoms with Gasteiger partial charge in [0, 0.05) is 6.07 Å². The lowest BCUT2D eigenvalue weighted by Gasteiger charge is -2.13. The average molecular weight is 326 g/mol. The molecular formula is C8H2F8N2O3. The third-order valence-electron chi connectivity index (χ3n) is 1.91. The van der Waals surface area contributed by atoms with E-state index >= 15 is 0 Å². The van der Waals surface area contributed by atoms with Crippen LogP contribution in [0, 0.1) is 10.1 Å². The highest BCUT2D eigenvalue weighted by Crippen LogP contribution is 2.42. The predicted molar refractivity (Wildman–Crippen MR) is 47.5 cm³/mol. The van der Waals surface area contributed by atoms with E-state index in [0.29, 0.717) is 0 Å². The van der Waals surface area contributed by atoms with Gasteiger partial charge in [-0.2, -0.15) is 13.2 Å². The van der Waals surface area contributed by atoms with Crippen LogP contribution in [0.1, 0.15) is 17.7 Å². The summed E-state index contributed by atoms with van der Waals surface area (Å²) >= 11 is 0. The maximum absolute atomic E-state index is 12.6. The van der Waals surface area contributed by atoms with Crippen molar-refractivity contribution in [3.05, 3.63) is 27.4 Å². The maximum atomic E-state index is 12.6. The lowest BCUT2D eigenvalue weighted by Crippen LogP contribution is -2.20. The molecule has 0 aliphatic rings. The minimum absolute atomic E-state index is 0.475. The highest BCUT2D eigenvalue weighted by molar-refractivity contribution is 5.49. The normalized spacial score (nSPS) is 12.6. The Morgan fingerprint density at radius 1 is 1.19 bits per heavy atom. The van der Waals surface area contributed by atoms with E-state index in [1.165, 1.54) is 0 Å². The Morgan fingerprint density at radius 3 is 2.05 bits per heavy atom. The first-order valence-electron chi connectivity index (χ1n) is 4.63. The number of hydrogen-bond acceptors (Lipinski definition) is 4. The molecule has 1 heterocycles. The molecule has 0 aromatic carbocycles. The molecule has 0 amide bonds. The molecule has 0 saturated heterocycles. The van der Waals surface area contributed by atoms with Gasteiger partial charge in [0.25, 0.3) is 6.43 Å². The summed E-state index contributed by atoms with van der Waals surface area (Å²) in [6.07, 6.45) is -15.0. The molecule has 0 saturated carbocycles. The molecule has 0 aliphatic heterocycles. The fraction of sp³-hybridized carbons (Fsp3) is 0.375. The number of halogens is 8. The van der Waals surface area contributed by atoms with Crippen molar-refractivity contribution >= 4 is 5.69 Å². The number of hydrogen-bond donors (Lipinski definition) is 0. The summed E-state index contributed by atoms with van der Waals surface area (Å²) in [5.41, 5.74) is -6.53. The SMILES string of the molecule is O=[N+]([O-])c1c(C(F)(F)F)cc(OC(F)(F)F)nc1C(F)F. The summed E-state index contributed by atoms with van der Waals surface area (Å²) < 4.78 is 101. The molecule has 13 heteroatoms. The van der Waals surface area contributed by atoms with Crippen molar-refractivity contribution in [1.82, 2.24) is 4.98 Å². The fourth-order valence-electron chi connectivity index (χ4n) is 1.26. The van der Waals surface area contributed by atoms with Crippen LogP contribution < -0.4 is 4.74 Å². The van der Waals surface area contributed by atoms with Crippen LogP contribution in [0.2, 0.25) is 0 Å². The van der Waals surface area contributed by atoms with Gasteiger partial charge in [0.2, 0.25) is 5.88 Å². The van der Waals surface area contributed by atoms with Crippen molar-refractivity contribution in [3.63, 3.8) is 0 Å². The highest BCUT2D eigenvalue weighted by Gasteiger charge is 2.44. The van der Waals surface area contributed by atoms with Crippen LogP contribution in [0.4, 0.5) is 40.8 Å². The smallest absolute Gasteiger partial charge is 0.388 e. The molecule has 0 spiro atoms. The molecule has 118 valence electrons. The van der Waals surface area contributed by atoms with Crippen LogP contribution in [-0.4, -0.2) is 16.3 Å². The number of nitrogens with zero attached hydrogens (tertiary/aromatic N) is 2. The van der Waals surface area contributed by atoms with E-state index in [1.54, 1.807) is 0 Å². The first kappa shape index (κ1) is 16.8. The molecule has 0 bridgehead atoms. The molecule has 1 rings (SSSR count). The second-order valence-electron chi connectivity index (χ2n) is 3.35. The highest BCUT2D eigenvalue weighted by atomic mass is 19.4. The third-order valence-corrected chi connectivity index (χ3v) is 1.91. The fourth-order valence-corrected chi connectivity index (χ4v) is 1.26. The second kappa shape index (κ2) is 5.29. The van der Waals surface area contributed by atoms with Gasteiger partial charge in [-0.25, -0.2) is 13.8 Å². The Morgan fingerprint density at radius 2 is 1.71 bits per heavy atom. The predicted octanol–water partition coefficient (Wildman–Crippen LogP) is 3.84. The molecule has 0 atom stereocenters. The zero-order chi connectivity index (χ0) is 16.6. The molecule has 1 aromatic heterocycles. The summed E-state index contributed by atoms with van der Waals surface area (Å²) in [7, 11) is 0. The van der Waals surface area contributed by atoms with E-state index < -0.39 is 52.8 Å². The standard InChI is InChI=1S/C8H2F8N2O3/c9-6(10)4-5(18(19)20)2(7(11,12)13)1-3(17-4)21-8(14,15)16/h1,6H. The number of aromatic nitrogens is 1. The Balaban J connectivity index is 3.62. The van der Waals surface area contributed by atoms with Crippen molar-refractivity contribution in [1.29, 1.82) is 0 Å². The molecular weight excluding hydrogens is 324 g/mol. The number of rotatable bonds is 3. The topological polar surface area (TPSA) is 65.3 Å². The number of alkyl halides is 8. The molecule has 0 radical (unpaired) electrons. The van der Waals surface area contributed by atoms with Gasteiger partial charge in [-0.1, -0.05) is 0 Å². The van der Waals surface area contributed by atoms with E-state index in [1.807, 2.05) is 0 Å². The lowest BCUT2D eigenvalue weighted by atomic mass is 10.1. The summed E-state index contributed by atoms with van der Waals surface area (Å²) in [6.45, 7) is 0. The van der Waals surface area contributed by atoms with Crippen molar-refractivity contribution in [3.8, 4) is 5.88 Å². The molecule has 21 heavy (non-hydrogen) atoms. The number of pyridine rings is 1. The Labute approximate surface area is 109 Å². The lowest BCUT2D eigenvalue weighted by molar-refractivity contribution is -0.390. The molecule has 1 aromatic rings. The monoisotopic (exact) mass is 326 g/mol. The van der Waals surface area contributed by atoms with Gasteiger partial charge in [-0.3, -0.25) is 10.1 Å². The van der Waals surface area contributed by atoms with E-state index in [4.69, 9.17) is 0 Å². The summed E-state index contributed by atoms with van der Waals surface area (Å²) in [5.74, 6) is -1.88. The minimum Gasteiger partial charge on any atom is -0.388 e. The quantitative estimate of drug-likeness (QED) is 0.481. The van der Waals surface area contributed by atoms with Gasteiger partial charge in [0.15, 0.2) is 5.69 Å². The molecule has 0 unspecified atom stereocenters. The molecule has 0 aliphatic carbocycles. The van der Waals surface area contributed by atoms with Gasteiger partial charge in [0.05, 0.1) is 4.92 Å². The zero-order valence-electron chi connectivity index (χ0n) is 9.30. The van der Waals surface area contributed by atoms with Gasteiger partial charge in [-0.15, -0.1) is 13.2 Å². The summed E-state index contributed by atoms with van der Waals surface area (Å²) in [6, 6.07) is -0.475. The van der Waals surface area contributed by atoms with Crippen LogP contribution in [0.5, 0.6) is 5.88 Å². The first-order valence-corrected chi connectivity index (χ1v) is 4.63. The van der Waals surface area contributed by atoms with Crippen molar-refractivity contribution in [2.45, 2.75) is 19.0 Å². The second-order valence-corrected chi connectivity index (χ2v) is 3.35. The summed E-state index contributed by atoms with van der Waals surface area (Å²) in [5, 5.41) is 10.5. The molecule has 0 N–H and O–H groups in total. The van der Waals surface area contributed by atoms with E-state index in [2.05, 4.69) is 9.72 Å². The van der Waals surface area contributed by atoms with Crippen LogP contribution in [0.3, 0.4) is 0 Å². The molecule has 0 fully saturated rings. The minimum atomic E-state index is -5.56. The maximum Gasteiger partial charge on any atom is 0.574 e. The number of ether oxygens (including phenoxy) is 1. The van der Waals surface area contributed by atoms with Crippen molar-refractivity contribution in [2.24, 2.45) is 0 Å². The number of nitro groups is 1. The van der Waals surface area contributed by atoms with E-state index in [-0.39, 0.29) is 0 Å². The van der Waals surface area contributed by atoms with Crippen LogP contribution in [0.25, 0.3) is 0 Å². The van der Waals surface area contributed by atoms with E-state index in [0.717, 1.165) is 0 Å². The Bertz CT molecular complexity index is 554. The van der Waals surface area contributed by atoms with Gasteiger partial charge in [-0.05, 0) is 0 Å². The van der Waals surface area contributed by atoms with Crippen LogP contribution in [0.15, 0.2) is 6.07 Å². The first-order chi connectivity index (χ1) is 9.33.